The molecule has 1 nitrogen and oxygen atoms in total. The summed E-state index contributed by atoms with van der Waals surface area (Å²) >= 11 is 0. The molecular formula is C16H31N. The first-order valence-electron chi connectivity index (χ1n) is 6.60. The molecule has 0 aliphatic carbocycles. The Morgan fingerprint density at radius 3 is 1.94 bits per heavy atom. The van der Waals surface area contributed by atoms with Crippen molar-refractivity contribution in [2.24, 2.45) is 16.7 Å². The fourth-order valence-corrected chi connectivity index (χ4v) is 1.26. The maximum atomic E-state index is 4.13. The first-order chi connectivity index (χ1) is 7.48. The highest BCUT2D eigenvalue weighted by atomic mass is 14.9. The van der Waals surface area contributed by atoms with Gasteiger partial charge >= 0.3 is 0 Å². The van der Waals surface area contributed by atoms with Crippen molar-refractivity contribution in [2.45, 2.75) is 61.8 Å². The third kappa shape index (κ3) is 5.95. The van der Waals surface area contributed by atoms with Crippen LogP contribution in [0.1, 0.15) is 61.8 Å². The van der Waals surface area contributed by atoms with Crippen molar-refractivity contribution in [3.8, 4) is 0 Å². The summed E-state index contributed by atoms with van der Waals surface area (Å²) in [5.74, 6) is 0.647. The highest BCUT2D eigenvalue weighted by Crippen LogP contribution is 2.31. The molecule has 0 aliphatic rings. The van der Waals surface area contributed by atoms with Gasteiger partial charge in [-0.05, 0) is 24.7 Å². The Labute approximate surface area is 108 Å². The molecule has 1 heteroatoms. The molecule has 1 atom stereocenters. The van der Waals surface area contributed by atoms with Gasteiger partial charge in [-0.3, -0.25) is 0 Å². The van der Waals surface area contributed by atoms with Gasteiger partial charge in [0.25, 0.3) is 0 Å². The van der Waals surface area contributed by atoms with E-state index in [1.807, 2.05) is 0 Å². The molecule has 0 bridgehead atoms. The van der Waals surface area contributed by atoms with Crippen molar-refractivity contribution < 1.29 is 0 Å². The van der Waals surface area contributed by atoms with Crippen molar-refractivity contribution in [2.75, 3.05) is 0 Å². The molecule has 0 aromatic heterocycles. The lowest BCUT2D eigenvalue weighted by molar-refractivity contribution is 0.256. The van der Waals surface area contributed by atoms with Crippen LogP contribution in [0.15, 0.2) is 24.0 Å². The van der Waals surface area contributed by atoms with Crippen LogP contribution in [-0.2, 0) is 0 Å². The van der Waals surface area contributed by atoms with Gasteiger partial charge in [0.1, 0.15) is 0 Å². The molecule has 0 amide bonds. The molecule has 1 N–H and O–H groups in total. The van der Waals surface area contributed by atoms with E-state index >= 15 is 0 Å². The maximum Gasteiger partial charge on any atom is 0.0130 e. The summed E-state index contributed by atoms with van der Waals surface area (Å²) in [6.07, 6.45) is 3.24. The van der Waals surface area contributed by atoms with Crippen LogP contribution in [-0.4, -0.2) is 0 Å². The molecular weight excluding hydrogens is 206 g/mol. The molecule has 0 rings (SSSR count). The highest BCUT2D eigenvalue weighted by Gasteiger charge is 2.22. The normalized spacial score (nSPS) is 15.6. The Morgan fingerprint density at radius 2 is 1.65 bits per heavy atom. The van der Waals surface area contributed by atoms with E-state index in [9.17, 15) is 0 Å². The van der Waals surface area contributed by atoms with Crippen molar-refractivity contribution in [3.63, 3.8) is 0 Å². The van der Waals surface area contributed by atoms with Gasteiger partial charge in [-0.25, -0.2) is 0 Å². The van der Waals surface area contributed by atoms with Crippen molar-refractivity contribution >= 4 is 0 Å². The molecule has 100 valence electrons. The van der Waals surface area contributed by atoms with E-state index in [1.165, 1.54) is 5.70 Å². The van der Waals surface area contributed by atoms with E-state index in [0.717, 1.165) is 12.1 Å². The molecule has 0 spiro atoms. The van der Waals surface area contributed by atoms with E-state index < -0.39 is 0 Å². The minimum absolute atomic E-state index is 0.110. The molecule has 0 aliphatic heterocycles. The second-order valence-electron chi connectivity index (χ2n) is 7.14. The Kier molecular flexibility index (Phi) is 5.51. The minimum Gasteiger partial charge on any atom is -0.363 e. The molecule has 0 aromatic carbocycles. The van der Waals surface area contributed by atoms with Crippen LogP contribution in [0.4, 0.5) is 0 Å². The zero-order chi connectivity index (χ0) is 13.9. The zero-order valence-electron chi connectivity index (χ0n) is 13.1. The largest absolute Gasteiger partial charge is 0.363 e. The third-order valence-electron chi connectivity index (χ3n) is 3.57. The molecule has 0 saturated carbocycles. The number of nitrogens with one attached hydrogen (secondary N) is 1. The van der Waals surface area contributed by atoms with Crippen LogP contribution in [0.2, 0.25) is 0 Å². The number of rotatable bonds is 4. The average Bonchev–Trinajstić information content (AvgIpc) is 2.13. The minimum atomic E-state index is 0.110. The van der Waals surface area contributed by atoms with Crippen LogP contribution in [0.25, 0.3) is 0 Å². The van der Waals surface area contributed by atoms with E-state index in [0.29, 0.717) is 11.3 Å². The molecule has 17 heavy (non-hydrogen) atoms. The van der Waals surface area contributed by atoms with Gasteiger partial charge in [0.2, 0.25) is 0 Å². The van der Waals surface area contributed by atoms with Gasteiger partial charge in [-0.2, -0.15) is 0 Å². The average molecular weight is 237 g/mol. The van der Waals surface area contributed by atoms with Crippen molar-refractivity contribution in [3.05, 3.63) is 24.0 Å². The second kappa shape index (κ2) is 5.75. The van der Waals surface area contributed by atoms with Crippen LogP contribution in [0.5, 0.6) is 0 Å². The maximum absolute atomic E-state index is 4.13. The van der Waals surface area contributed by atoms with Gasteiger partial charge in [0.05, 0.1) is 0 Å². The van der Waals surface area contributed by atoms with Crippen molar-refractivity contribution in [1.29, 1.82) is 0 Å². The lowest BCUT2D eigenvalue weighted by atomic mass is 9.79. The topological polar surface area (TPSA) is 12.0 Å². The summed E-state index contributed by atoms with van der Waals surface area (Å²) in [4.78, 5) is 0. The first-order valence-corrected chi connectivity index (χ1v) is 6.60. The molecule has 0 fully saturated rings. The van der Waals surface area contributed by atoms with E-state index in [2.05, 4.69) is 73.4 Å². The Balaban J connectivity index is 4.55. The van der Waals surface area contributed by atoms with Gasteiger partial charge < -0.3 is 5.32 Å². The van der Waals surface area contributed by atoms with E-state index in [4.69, 9.17) is 0 Å². The zero-order valence-corrected chi connectivity index (χ0v) is 13.1. The molecule has 0 aromatic rings. The summed E-state index contributed by atoms with van der Waals surface area (Å²) in [5, 5.41) is 3.48. The quantitative estimate of drug-likeness (QED) is 0.716. The molecule has 0 heterocycles. The SMILES string of the molecule is C=C(N/C(=C/C)CC(C)C(C)(C)C)C(C)(C)C. The number of hydrogen-bond donors (Lipinski definition) is 1. The van der Waals surface area contributed by atoms with Crippen molar-refractivity contribution in [1.82, 2.24) is 5.32 Å². The fraction of sp³-hybridized carbons (Fsp3) is 0.750. The highest BCUT2D eigenvalue weighted by molar-refractivity contribution is 5.13. The molecule has 0 radical (unpaired) electrons. The Hall–Kier alpha value is -0.720. The number of hydrogen-bond acceptors (Lipinski definition) is 1. The lowest BCUT2D eigenvalue weighted by Gasteiger charge is -2.30. The Bertz CT molecular complexity index is 284. The summed E-state index contributed by atoms with van der Waals surface area (Å²) in [5.41, 5.74) is 2.83. The van der Waals surface area contributed by atoms with Gasteiger partial charge in [0.15, 0.2) is 0 Å². The standard InChI is InChI=1S/C16H31N/c1-10-14(11-12(2)15(4,5)6)17-13(3)16(7,8)9/h10,12,17H,3,11H2,1-2,4-9H3/b14-10+. The summed E-state index contributed by atoms with van der Waals surface area (Å²) in [7, 11) is 0. The Morgan fingerprint density at radius 1 is 1.18 bits per heavy atom. The monoisotopic (exact) mass is 237 g/mol. The predicted octanol–water partition coefficient (Wildman–Crippen LogP) is 5.11. The summed E-state index contributed by atoms with van der Waals surface area (Å²) in [6, 6.07) is 0. The summed E-state index contributed by atoms with van der Waals surface area (Å²) < 4.78 is 0. The van der Waals surface area contributed by atoms with E-state index in [-0.39, 0.29) is 5.41 Å². The second-order valence-corrected chi connectivity index (χ2v) is 7.14. The van der Waals surface area contributed by atoms with Gasteiger partial charge in [0, 0.05) is 16.8 Å². The summed E-state index contributed by atoms with van der Waals surface area (Å²) in [6.45, 7) is 22.0. The molecule has 0 saturated heterocycles. The predicted molar refractivity (Wildman–Crippen MR) is 78.7 cm³/mol. The van der Waals surface area contributed by atoms with Gasteiger partial charge in [-0.15, -0.1) is 0 Å². The van der Waals surface area contributed by atoms with E-state index in [1.54, 1.807) is 0 Å². The fourth-order valence-electron chi connectivity index (χ4n) is 1.26. The first kappa shape index (κ1) is 16.3. The van der Waals surface area contributed by atoms with Crippen LogP contribution < -0.4 is 5.32 Å². The van der Waals surface area contributed by atoms with Crippen LogP contribution >= 0.6 is 0 Å². The number of allylic oxidation sites excluding steroid dienone is 3. The van der Waals surface area contributed by atoms with Gasteiger partial charge in [-0.1, -0.05) is 61.1 Å². The lowest BCUT2D eigenvalue weighted by Crippen LogP contribution is -2.26. The third-order valence-corrected chi connectivity index (χ3v) is 3.57. The van der Waals surface area contributed by atoms with Crippen LogP contribution in [0, 0.1) is 16.7 Å². The smallest absolute Gasteiger partial charge is 0.0130 e. The molecule has 1 unspecified atom stereocenters. The van der Waals surface area contributed by atoms with Crippen LogP contribution in [0.3, 0.4) is 0 Å².